The average molecular weight is 310 g/mol. The normalized spacial score (nSPS) is 11.0. The summed E-state index contributed by atoms with van der Waals surface area (Å²) in [6, 6.07) is 16.3. The minimum atomic E-state index is 0.521. The van der Waals surface area contributed by atoms with Gasteiger partial charge in [-0.15, -0.1) is 0 Å². The molecule has 0 aliphatic heterocycles. The van der Waals surface area contributed by atoms with Crippen LogP contribution in [0, 0.1) is 6.92 Å². The summed E-state index contributed by atoms with van der Waals surface area (Å²) in [5.41, 5.74) is 3.37. The van der Waals surface area contributed by atoms with Crippen LogP contribution < -0.4 is 4.74 Å². The van der Waals surface area contributed by atoms with Gasteiger partial charge in [-0.3, -0.25) is 0 Å². The summed E-state index contributed by atoms with van der Waals surface area (Å²) in [5, 5.41) is 0. The van der Waals surface area contributed by atoms with Crippen LogP contribution in [-0.2, 0) is 17.9 Å². The molecule has 0 unspecified atom stereocenters. The van der Waals surface area contributed by atoms with Crippen LogP contribution in [0.1, 0.15) is 17.8 Å². The maximum Gasteiger partial charge on any atom is 0.135 e. The van der Waals surface area contributed by atoms with Crippen LogP contribution >= 0.6 is 0 Å². The largest absolute Gasteiger partial charge is 0.494 e. The van der Waals surface area contributed by atoms with Gasteiger partial charge in [-0.1, -0.05) is 24.3 Å². The first-order chi connectivity index (χ1) is 11.3. The lowest BCUT2D eigenvalue weighted by molar-refractivity contribution is 0.174. The molecule has 0 aliphatic rings. The number of imidazole rings is 1. The van der Waals surface area contributed by atoms with Crippen molar-refractivity contribution in [3.63, 3.8) is 0 Å². The van der Waals surface area contributed by atoms with Crippen molar-refractivity contribution >= 4 is 11.0 Å². The quantitative estimate of drug-likeness (QED) is 0.620. The van der Waals surface area contributed by atoms with Crippen molar-refractivity contribution in [2.24, 2.45) is 0 Å². The zero-order valence-electron chi connectivity index (χ0n) is 13.7. The Morgan fingerprint density at radius 2 is 1.96 bits per heavy atom. The van der Waals surface area contributed by atoms with E-state index in [-0.39, 0.29) is 0 Å². The smallest absolute Gasteiger partial charge is 0.135 e. The van der Waals surface area contributed by atoms with E-state index in [9.17, 15) is 0 Å². The molecule has 1 aromatic heterocycles. The van der Waals surface area contributed by atoms with E-state index in [4.69, 9.17) is 9.47 Å². The summed E-state index contributed by atoms with van der Waals surface area (Å²) in [5.74, 6) is 1.89. The molecule has 120 valence electrons. The first-order valence-corrected chi connectivity index (χ1v) is 7.90. The lowest BCUT2D eigenvalue weighted by Gasteiger charge is -2.10. The second-order valence-electron chi connectivity index (χ2n) is 5.62. The number of benzene rings is 2. The standard InChI is InChI=1S/C19H22N2O2/c1-15-7-5-8-16(13-15)23-12-6-11-21-18-10-4-3-9-17(18)20-19(21)14-22-2/h3-5,7-10,13H,6,11-12,14H2,1-2H3. The first-order valence-electron chi connectivity index (χ1n) is 7.90. The maximum absolute atomic E-state index is 5.83. The van der Waals surface area contributed by atoms with Gasteiger partial charge < -0.3 is 14.0 Å². The van der Waals surface area contributed by atoms with Gasteiger partial charge in [0.05, 0.1) is 17.6 Å². The van der Waals surface area contributed by atoms with E-state index in [1.807, 2.05) is 30.3 Å². The molecule has 0 spiro atoms. The highest BCUT2D eigenvalue weighted by Crippen LogP contribution is 2.18. The Labute approximate surface area is 136 Å². The highest BCUT2D eigenvalue weighted by Gasteiger charge is 2.09. The minimum Gasteiger partial charge on any atom is -0.494 e. The van der Waals surface area contributed by atoms with Crippen LogP contribution in [0.2, 0.25) is 0 Å². The summed E-state index contributed by atoms with van der Waals surface area (Å²) >= 11 is 0. The Morgan fingerprint density at radius 3 is 2.78 bits per heavy atom. The monoisotopic (exact) mass is 310 g/mol. The molecule has 2 aromatic carbocycles. The Bertz CT molecular complexity index is 780. The van der Waals surface area contributed by atoms with Gasteiger partial charge in [0.15, 0.2) is 0 Å². The second-order valence-corrected chi connectivity index (χ2v) is 5.62. The molecular formula is C19H22N2O2. The van der Waals surface area contributed by atoms with E-state index in [1.54, 1.807) is 7.11 Å². The molecule has 3 rings (SSSR count). The highest BCUT2D eigenvalue weighted by atomic mass is 16.5. The highest BCUT2D eigenvalue weighted by molar-refractivity contribution is 5.75. The van der Waals surface area contributed by atoms with Crippen LogP contribution in [0.4, 0.5) is 0 Å². The molecule has 0 saturated heterocycles. The molecule has 1 heterocycles. The lowest BCUT2D eigenvalue weighted by atomic mass is 10.2. The van der Waals surface area contributed by atoms with E-state index in [0.29, 0.717) is 13.2 Å². The fourth-order valence-electron chi connectivity index (χ4n) is 2.73. The number of hydrogen-bond acceptors (Lipinski definition) is 3. The topological polar surface area (TPSA) is 36.3 Å². The van der Waals surface area contributed by atoms with Crippen LogP contribution in [0.15, 0.2) is 48.5 Å². The van der Waals surface area contributed by atoms with Crippen molar-refractivity contribution in [1.29, 1.82) is 0 Å². The van der Waals surface area contributed by atoms with Gasteiger partial charge in [-0.25, -0.2) is 4.98 Å². The summed E-state index contributed by atoms with van der Waals surface area (Å²) in [4.78, 5) is 4.65. The third-order valence-electron chi connectivity index (χ3n) is 3.79. The van der Waals surface area contributed by atoms with Crippen molar-refractivity contribution in [3.05, 3.63) is 59.9 Å². The number of aromatic nitrogens is 2. The molecule has 0 amide bonds. The van der Waals surface area contributed by atoms with Crippen molar-refractivity contribution in [3.8, 4) is 5.75 Å². The Morgan fingerprint density at radius 1 is 1.09 bits per heavy atom. The molecule has 4 nitrogen and oxygen atoms in total. The van der Waals surface area contributed by atoms with Crippen LogP contribution in [0.25, 0.3) is 11.0 Å². The number of methoxy groups -OCH3 is 1. The Balaban J connectivity index is 1.65. The van der Waals surface area contributed by atoms with Gasteiger partial charge in [0.1, 0.15) is 18.2 Å². The number of aryl methyl sites for hydroxylation is 2. The molecule has 0 aliphatic carbocycles. The molecule has 3 aromatic rings. The van der Waals surface area contributed by atoms with Gasteiger partial charge in [-0.2, -0.15) is 0 Å². The predicted octanol–water partition coefficient (Wildman–Crippen LogP) is 3.96. The molecule has 0 radical (unpaired) electrons. The number of para-hydroxylation sites is 2. The van der Waals surface area contributed by atoms with Crippen molar-refractivity contribution in [2.75, 3.05) is 13.7 Å². The fraction of sp³-hybridized carbons (Fsp3) is 0.316. The molecule has 0 N–H and O–H groups in total. The summed E-state index contributed by atoms with van der Waals surface area (Å²) in [7, 11) is 1.70. The average Bonchev–Trinajstić information content (AvgIpc) is 2.90. The van der Waals surface area contributed by atoms with Crippen molar-refractivity contribution in [1.82, 2.24) is 9.55 Å². The Kier molecular flexibility index (Phi) is 4.93. The molecule has 0 atom stereocenters. The number of rotatable bonds is 7. The predicted molar refractivity (Wildman–Crippen MR) is 91.7 cm³/mol. The fourth-order valence-corrected chi connectivity index (χ4v) is 2.73. The zero-order chi connectivity index (χ0) is 16.1. The van der Waals surface area contributed by atoms with Gasteiger partial charge >= 0.3 is 0 Å². The van der Waals surface area contributed by atoms with E-state index in [0.717, 1.165) is 35.6 Å². The van der Waals surface area contributed by atoms with Crippen molar-refractivity contribution < 1.29 is 9.47 Å². The van der Waals surface area contributed by atoms with Crippen LogP contribution in [-0.4, -0.2) is 23.3 Å². The number of nitrogens with zero attached hydrogens (tertiary/aromatic N) is 2. The van der Waals surface area contributed by atoms with Crippen molar-refractivity contribution in [2.45, 2.75) is 26.5 Å². The molecule has 0 bridgehead atoms. The summed E-state index contributed by atoms with van der Waals surface area (Å²) in [6.45, 7) is 4.14. The summed E-state index contributed by atoms with van der Waals surface area (Å²) < 4.78 is 13.3. The van der Waals surface area contributed by atoms with Gasteiger partial charge in [0.25, 0.3) is 0 Å². The maximum atomic E-state index is 5.83. The number of fused-ring (bicyclic) bond motifs is 1. The third kappa shape index (κ3) is 3.71. The molecule has 4 heteroatoms. The third-order valence-corrected chi connectivity index (χ3v) is 3.79. The summed E-state index contributed by atoms with van der Waals surface area (Å²) in [6.07, 6.45) is 0.922. The Hall–Kier alpha value is -2.33. The lowest BCUT2D eigenvalue weighted by Crippen LogP contribution is -2.08. The SMILES string of the molecule is COCc1nc2ccccc2n1CCCOc1cccc(C)c1. The molecule has 23 heavy (non-hydrogen) atoms. The van der Waals surface area contributed by atoms with Crippen LogP contribution in [0.5, 0.6) is 5.75 Å². The second kappa shape index (κ2) is 7.29. The van der Waals surface area contributed by atoms with Gasteiger partial charge in [0, 0.05) is 13.7 Å². The molecule has 0 saturated carbocycles. The number of hydrogen-bond donors (Lipinski definition) is 0. The molecular weight excluding hydrogens is 288 g/mol. The van der Waals surface area contributed by atoms with E-state index in [2.05, 4.69) is 34.7 Å². The molecule has 0 fully saturated rings. The zero-order valence-corrected chi connectivity index (χ0v) is 13.7. The van der Waals surface area contributed by atoms with Gasteiger partial charge in [0.2, 0.25) is 0 Å². The minimum absolute atomic E-state index is 0.521. The van der Waals surface area contributed by atoms with Crippen LogP contribution in [0.3, 0.4) is 0 Å². The first kappa shape index (κ1) is 15.6. The van der Waals surface area contributed by atoms with E-state index < -0.39 is 0 Å². The van der Waals surface area contributed by atoms with E-state index in [1.165, 1.54) is 5.56 Å². The number of ether oxygens (including phenoxy) is 2. The van der Waals surface area contributed by atoms with E-state index >= 15 is 0 Å². The van der Waals surface area contributed by atoms with Gasteiger partial charge in [-0.05, 0) is 43.2 Å².